The molecule has 3 aromatic rings. The molecule has 0 aliphatic carbocycles. The van der Waals surface area contributed by atoms with Gasteiger partial charge in [0.1, 0.15) is 40.9 Å². The minimum Gasteiger partial charge on any atom is -0.489 e. The largest absolute Gasteiger partial charge is 0.489 e. The summed E-state index contributed by atoms with van der Waals surface area (Å²) in [7, 11) is 0.425. The molecule has 0 bridgehead atoms. The van der Waals surface area contributed by atoms with Gasteiger partial charge >= 0.3 is 0 Å². The number of benzene rings is 2. The molecule has 202 valence electrons. The number of nitrogens with one attached hydrogen (secondary N) is 1. The molecule has 2 aromatic carbocycles. The van der Waals surface area contributed by atoms with E-state index >= 15 is 0 Å². The summed E-state index contributed by atoms with van der Waals surface area (Å²) in [4.78, 5) is 16.3. The molecule has 0 radical (unpaired) electrons. The molecule has 1 aliphatic rings. The number of aromatic nitrogens is 2. The molecule has 0 unspecified atom stereocenters. The number of rotatable bonds is 13. The van der Waals surface area contributed by atoms with Gasteiger partial charge in [-0.05, 0) is 36.9 Å². The van der Waals surface area contributed by atoms with Gasteiger partial charge in [-0.1, -0.05) is 30.3 Å². The van der Waals surface area contributed by atoms with E-state index in [0.717, 1.165) is 28.3 Å². The average Bonchev–Trinajstić information content (AvgIpc) is 2.91. The maximum atomic E-state index is 11.4. The van der Waals surface area contributed by atoms with E-state index < -0.39 is 9.84 Å². The predicted molar refractivity (Wildman–Crippen MR) is 146 cm³/mol. The highest BCUT2D eigenvalue weighted by atomic mass is 32.2. The van der Waals surface area contributed by atoms with Gasteiger partial charge in [-0.25, -0.2) is 23.4 Å². The van der Waals surface area contributed by atoms with Crippen LogP contribution in [0.15, 0.2) is 66.8 Å². The lowest BCUT2D eigenvalue weighted by atomic mass is 10.1. The third kappa shape index (κ3) is 7.91. The lowest BCUT2D eigenvalue weighted by Gasteiger charge is -2.29. The third-order valence-electron chi connectivity index (χ3n) is 5.93. The average molecular weight is 540 g/mol. The zero-order valence-corrected chi connectivity index (χ0v) is 22.6. The molecule has 0 atom stereocenters. The van der Waals surface area contributed by atoms with E-state index in [0.29, 0.717) is 44.5 Å². The maximum Gasteiger partial charge on any atom is 0.214 e. The molecule has 0 saturated carbocycles. The van der Waals surface area contributed by atoms with Gasteiger partial charge in [0.25, 0.3) is 0 Å². The summed E-state index contributed by atoms with van der Waals surface area (Å²) in [6.45, 7) is 2.26. The van der Waals surface area contributed by atoms with Crippen LogP contribution in [-0.4, -0.2) is 74.2 Å². The highest BCUT2D eigenvalue weighted by Crippen LogP contribution is 2.30. The minimum absolute atomic E-state index is 0.107. The summed E-state index contributed by atoms with van der Waals surface area (Å²) in [5, 5.41) is 4.98. The van der Waals surface area contributed by atoms with Gasteiger partial charge in [-0.2, -0.15) is 0 Å². The number of anilines is 2. The number of ether oxygens (including phenoxy) is 2. The Kier molecular flexibility index (Phi) is 9.16. The molecule has 0 spiro atoms. The lowest BCUT2D eigenvalue weighted by Crippen LogP contribution is -2.31. The number of nitrogens with zero attached hydrogens (tertiary/aromatic N) is 4. The molecule has 11 heteroatoms. The second kappa shape index (κ2) is 12.7. The van der Waals surface area contributed by atoms with Gasteiger partial charge in [-0.3, -0.25) is 4.84 Å². The van der Waals surface area contributed by atoms with Gasteiger partial charge in [0.2, 0.25) is 5.88 Å². The van der Waals surface area contributed by atoms with Crippen molar-refractivity contribution in [2.45, 2.75) is 13.2 Å². The summed E-state index contributed by atoms with van der Waals surface area (Å²) in [5.41, 5.74) is 3.57. The van der Waals surface area contributed by atoms with E-state index in [4.69, 9.17) is 14.3 Å². The fraction of sp³-hybridized carbons (Fsp3) is 0.333. The van der Waals surface area contributed by atoms with E-state index in [1.54, 1.807) is 12.2 Å². The van der Waals surface area contributed by atoms with E-state index in [9.17, 15) is 8.42 Å². The number of hydrogen-bond acceptors (Lipinski definition) is 10. The zero-order valence-electron chi connectivity index (χ0n) is 21.8. The summed E-state index contributed by atoms with van der Waals surface area (Å²) in [6, 6.07) is 17.7. The van der Waals surface area contributed by atoms with Crippen LogP contribution in [0.1, 0.15) is 16.8 Å². The Labute approximate surface area is 223 Å². The third-order valence-corrected chi connectivity index (χ3v) is 6.85. The molecule has 0 amide bonds. The number of hydrogen-bond donors (Lipinski definition) is 1. The number of sulfone groups is 1. The number of hydroxylamine groups is 2. The van der Waals surface area contributed by atoms with Gasteiger partial charge in [-0.15, -0.1) is 0 Å². The van der Waals surface area contributed by atoms with Crippen molar-refractivity contribution in [2.24, 2.45) is 0 Å². The quantitative estimate of drug-likeness (QED) is 0.347. The zero-order chi connectivity index (χ0) is 27.0. The molecular formula is C27H33N5O5S. The van der Waals surface area contributed by atoms with Crippen molar-refractivity contribution in [1.82, 2.24) is 19.9 Å². The van der Waals surface area contributed by atoms with Crippen molar-refractivity contribution in [3.8, 4) is 5.75 Å². The van der Waals surface area contributed by atoms with Gasteiger partial charge in [0.05, 0.1) is 25.1 Å². The van der Waals surface area contributed by atoms with Crippen molar-refractivity contribution >= 4 is 27.4 Å². The van der Waals surface area contributed by atoms with Crippen LogP contribution in [0.4, 0.5) is 11.5 Å². The smallest absolute Gasteiger partial charge is 0.214 e. The van der Waals surface area contributed by atoms with Gasteiger partial charge < -0.3 is 19.7 Å². The van der Waals surface area contributed by atoms with Crippen molar-refractivity contribution in [2.75, 3.05) is 51.2 Å². The monoisotopic (exact) mass is 539 g/mol. The van der Waals surface area contributed by atoms with E-state index in [2.05, 4.69) is 15.3 Å². The fourth-order valence-electron chi connectivity index (χ4n) is 3.74. The standard InChI is InChI=1S/C27H33N5O5S/c1-31(14-16-38(3,33)34)13-15-36-26-17-24-25(18-32(26)35-2)28-20-29-27(24)30-22-9-11-23(12-10-22)37-19-21-7-5-4-6-8-21/h4-12,17,20H,13-16,18-19H2,1-3H3,(H,28,29,30). The molecule has 1 aliphatic heterocycles. The van der Waals surface area contributed by atoms with Crippen LogP contribution in [0, 0.1) is 0 Å². The summed E-state index contributed by atoms with van der Waals surface area (Å²) < 4.78 is 34.7. The molecule has 2 heterocycles. The molecule has 1 N–H and O–H groups in total. The van der Waals surface area contributed by atoms with Crippen molar-refractivity contribution in [1.29, 1.82) is 0 Å². The Bertz CT molecular complexity index is 1330. The molecular weight excluding hydrogens is 506 g/mol. The van der Waals surface area contributed by atoms with Crippen LogP contribution in [-0.2, 0) is 32.6 Å². The van der Waals surface area contributed by atoms with Crippen LogP contribution in [0.5, 0.6) is 5.75 Å². The van der Waals surface area contributed by atoms with Crippen LogP contribution < -0.4 is 10.1 Å². The number of fused-ring (bicyclic) bond motifs is 1. The second-order valence-corrected chi connectivity index (χ2v) is 11.2. The van der Waals surface area contributed by atoms with E-state index in [1.165, 1.54) is 12.6 Å². The van der Waals surface area contributed by atoms with Crippen LogP contribution in [0.25, 0.3) is 6.08 Å². The first-order chi connectivity index (χ1) is 18.3. The van der Waals surface area contributed by atoms with Gasteiger partial charge in [0, 0.05) is 36.7 Å². The van der Waals surface area contributed by atoms with E-state index in [-0.39, 0.29) is 5.75 Å². The Morgan fingerprint density at radius 2 is 1.79 bits per heavy atom. The molecule has 10 nitrogen and oxygen atoms in total. The Balaban J connectivity index is 1.40. The minimum atomic E-state index is -3.01. The lowest BCUT2D eigenvalue weighted by molar-refractivity contribution is -0.149. The predicted octanol–water partition coefficient (Wildman–Crippen LogP) is 3.47. The Hall–Kier alpha value is -3.67. The second-order valence-electron chi connectivity index (χ2n) is 8.99. The van der Waals surface area contributed by atoms with Crippen LogP contribution in [0.3, 0.4) is 0 Å². The Morgan fingerprint density at radius 1 is 1.03 bits per heavy atom. The van der Waals surface area contributed by atoms with Crippen LogP contribution >= 0.6 is 0 Å². The normalized spacial score (nSPS) is 13.2. The van der Waals surface area contributed by atoms with Crippen molar-refractivity contribution in [3.05, 3.63) is 83.6 Å². The van der Waals surface area contributed by atoms with E-state index in [1.807, 2.05) is 72.6 Å². The maximum absolute atomic E-state index is 11.4. The molecule has 0 saturated heterocycles. The molecule has 1 aromatic heterocycles. The van der Waals surface area contributed by atoms with Crippen LogP contribution in [0.2, 0.25) is 0 Å². The fourth-order valence-corrected chi connectivity index (χ4v) is 4.38. The molecule has 4 rings (SSSR count). The Morgan fingerprint density at radius 3 is 2.50 bits per heavy atom. The summed E-state index contributed by atoms with van der Waals surface area (Å²) in [5.74, 6) is 2.06. The molecule has 0 fully saturated rings. The summed E-state index contributed by atoms with van der Waals surface area (Å²) >= 11 is 0. The van der Waals surface area contributed by atoms with Crippen molar-refractivity contribution < 1.29 is 22.7 Å². The highest BCUT2D eigenvalue weighted by molar-refractivity contribution is 7.90. The first kappa shape index (κ1) is 27.4. The van der Waals surface area contributed by atoms with Gasteiger partial charge in [0.15, 0.2) is 0 Å². The number of likely N-dealkylation sites (N-methyl/N-ethyl adjacent to an activating group) is 1. The van der Waals surface area contributed by atoms with Crippen molar-refractivity contribution in [3.63, 3.8) is 0 Å². The highest BCUT2D eigenvalue weighted by Gasteiger charge is 2.23. The SMILES string of the molecule is CON1Cc2ncnc(Nc3ccc(OCc4ccccc4)cc3)c2C=C1OCCN(C)CCS(C)(=O)=O. The first-order valence-electron chi connectivity index (χ1n) is 12.2. The topological polar surface area (TPSA) is 106 Å². The molecule has 38 heavy (non-hydrogen) atoms. The summed E-state index contributed by atoms with van der Waals surface area (Å²) in [6.07, 6.45) is 4.60. The first-order valence-corrected chi connectivity index (χ1v) is 14.3.